The Morgan fingerprint density at radius 3 is 2.41 bits per heavy atom. The van der Waals surface area contributed by atoms with E-state index < -0.39 is 4.92 Å². The van der Waals surface area contributed by atoms with Crippen LogP contribution in [-0.4, -0.2) is 28.2 Å². The maximum Gasteiger partial charge on any atom is 0.269 e. The summed E-state index contributed by atoms with van der Waals surface area (Å²) in [7, 11) is 0. The molecule has 0 unspecified atom stereocenters. The number of benzene rings is 1. The maximum absolute atomic E-state index is 11.4. The summed E-state index contributed by atoms with van der Waals surface area (Å²) < 4.78 is 0. The van der Waals surface area contributed by atoms with Crippen LogP contribution in [-0.2, 0) is 11.3 Å². The number of rotatable bonds is 5. The third kappa shape index (κ3) is 3.71. The summed E-state index contributed by atoms with van der Waals surface area (Å²) >= 11 is 5.48. The minimum atomic E-state index is -0.453. The van der Waals surface area contributed by atoms with Gasteiger partial charge in [-0.3, -0.25) is 14.9 Å². The van der Waals surface area contributed by atoms with Gasteiger partial charge in [0.1, 0.15) is 5.88 Å². The average Bonchev–Trinajstić information content (AvgIpc) is 2.35. The summed E-state index contributed by atoms with van der Waals surface area (Å²) in [5.74, 6) is -0.201. The van der Waals surface area contributed by atoms with Gasteiger partial charge in [-0.2, -0.15) is 0 Å². The summed E-state index contributed by atoms with van der Waals surface area (Å²) in [6.07, 6.45) is 0. The van der Waals surface area contributed by atoms with Crippen molar-refractivity contribution in [2.24, 2.45) is 0 Å². The lowest BCUT2D eigenvalue weighted by Gasteiger charge is -2.19. The first-order valence-corrected chi connectivity index (χ1v) is 5.69. The van der Waals surface area contributed by atoms with Gasteiger partial charge in [-0.15, -0.1) is 11.6 Å². The molecule has 0 fully saturated rings. The van der Waals surface area contributed by atoms with Gasteiger partial charge in [0, 0.05) is 25.2 Å². The highest BCUT2D eigenvalue weighted by atomic mass is 35.5. The van der Waals surface area contributed by atoms with Crippen molar-refractivity contribution in [1.82, 2.24) is 4.90 Å². The van der Waals surface area contributed by atoms with E-state index in [1.807, 2.05) is 6.92 Å². The van der Waals surface area contributed by atoms with Gasteiger partial charge in [0.2, 0.25) is 5.91 Å². The Labute approximate surface area is 104 Å². The van der Waals surface area contributed by atoms with E-state index >= 15 is 0 Å². The fourth-order valence-corrected chi connectivity index (χ4v) is 1.57. The van der Waals surface area contributed by atoms with Crippen LogP contribution in [0.1, 0.15) is 12.5 Å². The van der Waals surface area contributed by atoms with Crippen LogP contribution in [0.2, 0.25) is 0 Å². The predicted molar refractivity (Wildman–Crippen MR) is 64.9 cm³/mol. The molecular weight excluding hydrogens is 244 g/mol. The fraction of sp³-hybridized carbons (Fsp3) is 0.364. The molecular formula is C11H13ClN2O3. The highest BCUT2D eigenvalue weighted by Gasteiger charge is 2.11. The SMILES string of the molecule is CCN(Cc1ccc([N+](=O)[O-])cc1)C(=O)CCl. The van der Waals surface area contributed by atoms with Gasteiger partial charge < -0.3 is 4.90 Å². The second kappa shape index (κ2) is 6.20. The highest BCUT2D eigenvalue weighted by molar-refractivity contribution is 6.27. The minimum Gasteiger partial charge on any atom is -0.338 e. The smallest absolute Gasteiger partial charge is 0.269 e. The normalized spacial score (nSPS) is 10.0. The maximum atomic E-state index is 11.4. The van der Waals surface area contributed by atoms with E-state index in [4.69, 9.17) is 11.6 Å². The summed E-state index contributed by atoms with van der Waals surface area (Å²) in [4.78, 5) is 23.0. The number of carbonyl (C=O) groups excluding carboxylic acids is 1. The fourth-order valence-electron chi connectivity index (χ4n) is 1.40. The van der Waals surface area contributed by atoms with Crippen LogP contribution in [0.25, 0.3) is 0 Å². The summed E-state index contributed by atoms with van der Waals surface area (Å²) in [6, 6.07) is 6.13. The second-order valence-corrected chi connectivity index (χ2v) is 3.73. The quantitative estimate of drug-likeness (QED) is 0.461. The molecule has 0 saturated carbocycles. The van der Waals surface area contributed by atoms with Crippen molar-refractivity contribution in [3.05, 3.63) is 39.9 Å². The molecule has 92 valence electrons. The number of hydrogen-bond donors (Lipinski definition) is 0. The molecule has 0 bridgehead atoms. The molecule has 0 atom stereocenters. The third-order valence-corrected chi connectivity index (χ3v) is 2.60. The highest BCUT2D eigenvalue weighted by Crippen LogP contribution is 2.13. The van der Waals surface area contributed by atoms with Gasteiger partial charge in [-0.1, -0.05) is 12.1 Å². The van der Waals surface area contributed by atoms with Crippen molar-refractivity contribution in [2.75, 3.05) is 12.4 Å². The molecule has 0 spiro atoms. The Kier molecular flexibility index (Phi) is 4.90. The van der Waals surface area contributed by atoms with Crippen LogP contribution >= 0.6 is 11.6 Å². The molecule has 0 heterocycles. The van der Waals surface area contributed by atoms with Crippen LogP contribution in [0, 0.1) is 10.1 Å². The molecule has 17 heavy (non-hydrogen) atoms. The predicted octanol–water partition coefficient (Wildman–Crippen LogP) is 2.18. The van der Waals surface area contributed by atoms with Crippen molar-refractivity contribution in [1.29, 1.82) is 0 Å². The summed E-state index contributed by atoms with van der Waals surface area (Å²) in [5.41, 5.74) is 0.886. The molecule has 0 saturated heterocycles. The topological polar surface area (TPSA) is 63.4 Å². The third-order valence-electron chi connectivity index (χ3n) is 2.37. The molecule has 0 N–H and O–H groups in total. The first-order chi connectivity index (χ1) is 8.08. The molecule has 1 aromatic rings. The number of nitro groups is 1. The zero-order valence-electron chi connectivity index (χ0n) is 9.43. The number of nitrogens with zero attached hydrogens (tertiary/aromatic N) is 2. The van der Waals surface area contributed by atoms with E-state index in [9.17, 15) is 14.9 Å². The monoisotopic (exact) mass is 256 g/mol. The second-order valence-electron chi connectivity index (χ2n) is 3.47. The van der Waals surface area contributed by atoms with Crippen molar-refractivity contribution < 1.29 is 9.72 Å². The molecule has 0 aliphatic heterocycles. The van der Waals surface area contributed by atoms with Crippen molar-refractivity contribution in [3.63, 3.8) is 0 Å². The van der Waals surface area contributed by atoms with Crippen molar-refractivity contribution in [3.8, 4) is 0 Å². The Morgan fingerprint density at radius 2 is 2.00 bits per heavy atom. The molecule has 5 nitrogen and oxygen atoms in total. The van der Waals surface area contributed by atoms with Crippen molar-refractivity contribution in [2.45, 2.75) is 13.5 Å². The molecule has 0 radical (unpaired) electrons. The molecule has 0 aromatic heterocycles. The van der Waals surface area contributed by atoms with Crippen molar-refractivity contribution >= 4 is 23.2 Å². The van der Waals surface area contributed by atoms with E-state index in [0.29, 0.717) is 13.1 Å². The van der Waals surface area contributed by atoms with Crippen LogP contribution in [0.3, 0.4) is 0 Å². The molecule has 0 aliphatic carbocycles. The lowest BCUT2D eigenvalue weighted by atomic mass is 10.2. The number of nitro benzene ring substituents is 1. The number of non-ortho nitro benzene ring substituents is 1. The lowest BCUT2D eigenvalue weighted by Crippen LogP contribution is -2.31. The van der Waals surface area contributed by atoms with Gasteiger partial charge in [0.15, 0.2) is 0 Å². The van der Waals surface area contributed by atoms with E-state index in [-0.39, 0.29) is 17.5 Å². The van der Waals surface area contributed by atoms with E-state index in [2.05, 4.69) is 0 Å². The number of halogens is 1. The first-order valence-electron chi connectivity index (χ1n) is 5.15. The molecule has 1 amide bonds. The molecule has 6 heteroatoms. The number of amides is 1. The average molecular weight is 257 g/mol. The van der Waals surface area contributed by atoms with E-state index in [1.165, 1.54) is 12.1 Å². The number of hydrogen-bond acceptors (Lipinski definition) is 3. The van der Waals surface area contributed by atoms with Gasteiger partial charge in [0.05, 0.1) is 4.92 Å². The Morgan fingerprint density at radius 1 is 1.41 bits per heavy atom. The molecule has 1 rings (SSSR count). The lowest BCUT2D eigenvalue weighted by molar-refractivity contribution is -0.384. The largest absolute Gasteiger partial charge is 0.338 e. The van der Waals surface area contributed by atoms with Crippen LogP contribution in [0.15, 0.2) is 24.3 Å². The van der Waals surface area contributed by atoms with Crippen LogP contribution in [0.4, 0.5) is 5.69 Å². The Hall–Kier alpha value is -1.62. The van der Waals surface area contributed by atoms with Gasteiger partial charge in [0.25, 0.3) is 5.69 Å². The molecule has 1 aromatic carbocycles. The standard InChI is InChI=1S/C11H13ClN2O3/c1-2-13(11(15)7-12)8-9-3-5-10(6-4-9)14(16)17/h3-6H,2,7-8H2,1H3. The van der Waals surface area contributed by atoms with Gasteiger partial charge in [-0.25, -0.2) is 0 Å². The van der Waals surface area contributed by atoms with E-state index in [1.54, 1.807) is 17.0 Å². The van der Waals surface area contributed by atoms with Crippen LogP contribution < -0.4 is 0 Å². The number of carbonyl (C=O) groups is 1. The summed E-state index contributed by atoms with van der Waals surface area (Å²) in [5, 5.41) is 10.5. The van der Waals surface area contributed by atoms with Gasteiger partial charge in [-0.05, 0) is 12.5 Å². The first kappa shape index (κ1) is 13.4. The zero-order chi connectivity index (χ0) is 12.8. The van der Waals surface area contributed by atoms with E-state index in [0.717, 1.165) is 5.56 Å². The zero-order valence-corrected chi connectivity index (χ0v) is 10.2. The Balaban J connectivity index is 2.74. The minimum absolute atomic E-state index is 0.0421. The summed E-state index contributed by atoms with van der Waals surface area (Å²) in [6.45, 7) is 2.83. The Bertz CT molecular complexity index is 406. The molecule has 0 aliphatic rings. The van der Waals surface area contributed by atoms with Gasteiger partial charge >= 0.3 is 0 Å². The van der Waals surface area contributed by atoms with Crippen LogP contribution in [0.5, 0.6) is 0 Å². The number of alkyl halides is 1.